The van der Waals surface area contributed by atoms with Crippen LogP contribution in [0.25, 0.3) is 0 Å². The number of hydrogen-bond donors (Lipinski definition) is 2. The molecular formula is C14H26N4O. The first kappa shape index (κ1) is 17.4. The lowest BCUT2D eigenvalue weighted by molar-refractivity contribution is 0.248. The van der Waals surface area contributed by atoms with E-state index < -0.39 is 6.03 Å². The third-order valence-electron chi connectivity index (χ3n) is 2.50. The van der Waals surface area contributed by atoms with Crippen LogP contribution < -0.4 is 11.1 Å². The predicted molar refractivity (Wildman–Crippen MR) is 78.7 cm³/mol. The molecule has 0 radical (unpaired) electrons. The van der Waals surface area contributed by atoms with E-state index in [0.717, 1.165) is 5.69 Å². The number of nitrogens with two attached hydrogens (primary N) is 1. The van der Waals surface area contributed by atoms with Gasteiger partial charge >= 0.3 is 6.03 Å². The Morgan fingerprint density at radius 1 is 1.37 bits per heavy atom. The average Bonchev–Trinajstić information content (AvgIpc) is 2.92. The molecule has 2 rings (SSSR count). The maximum absolute atomic E-state index is 10.3. The van der Waals surface area contributed by atoms with Crippen LogP contribution in [0.4, 0.5) is 4.79 Å². The molecule has 0 unspecified atom stereocenters. The van der Waals surface area contributed by atoms with Gasteiger partial charge in [0, 0.05) is 6.20 Å². The van der Waals surface area contributed by atoms with Gasteiger partial charge in [-0.2, -0.15) is 0 Å². The van der Waals surface area contributed by atoms with Crippen molar-refractivity contribution in [2.45, 2.75) is 33.2 Å². The van der Waals surface area contributed by atoms with E-state index in [1.165, 1.54) is 25.9 Å². The van der Waals surface area contributed by atoms with Gasteiger partial charge in [-0.15, -0.1) is 0 Å². The summed E-state index contributed by atoms with van der Waals surface area (Å²) in [5, 5.41) is 2.44. The second-order valence-electron chi connectivity index (χ2n) is 4.05. The molecule has 3 N–H and O–H groups in total. The van der Waals surface area contributed by atoms with Gasteiger partial charge in [0.15, 0.2) is 0 Å². The molecule has 0 bridgehead atoms. The van der Waals surface area contributed by atoms with E-state index in [4.69, 9.17) is 5.73 Å². The molecule has 1 aliphatic heterocycles. The Balaban J connectivity index is 0.000000341. The van der Waals surface area contributed by atoms with Gasteiger partial charge in [0.1, 0.15) is 0 Å². The summed E-state index contributed by atoms with van der Waals surface area (Å²) in [5.74, 6) is 0. The SMILES string of the molecule is CC.CN1CCCC1.NC(=O)NCc1ccccn1. The minimum Gasteiger partial charge on any atom is -0.352 e. The first-order chi connectivity index (χ1) is 9.18. The monoisotopic (exact) mass is 266 g/mol. The van der Waals surface area contributed by atoms with E-state index >= 15 is 0 Å². The number of urea groups is 1. The molecule has 2 heterocycles. The second kappa shape index (κ2) is 11.5. The van der Waals surface area contributed by atoms with E-state index in [1.54, 1.807) is 6.20 Å². The summed E-state index contributed by atoms with van der Waals surface area (Å²) in [4.78, 5) is 16.6. The number of carbonyl (C=O) groups excluding carboxylic acids is 1. The first-order valence-electron chi connectivity index (χ1n) is 6.80. The van der Waals surface area contributed by atoms with Gasteiger partial charge in [-0.25, -0.2) is 4.79 Å². The van der Waals surface area contributed by atoms with Gasteiger partial charge in [-0.3, -0.25) is 4.98 Å². The summed E-state index contributed by atoms with van der Waals surface area (Å²) in [7, 11) is 2.17. The predicted octanol–water partition coefficient (Wildman–Crippen LogP) is 1.99. The molecule has 0 spiro atoms. The number of hydrogen-bond acceptors (Lipinski definition) is 3. The van der Waals surface area contributed by atoms with Gasteiger partial charge < -0.3 is 16.0 Å². The number of rotatable bonds is 2. The van der Waals surface area contributed by atoms with E-state index in [0.29, 0.717) is 6.54 Å². The van der Waals surface area contributed by atoms with Crippen LogP contribution in [0.3, 0.4) is 0 Å². The normalized spacial score (nSPS) is 13.6. The zero-order valence-corrected chi connectivity index (χ0v) is 12.2. The van der Waals surface area contributed by atoms with Crippen LogP contribution in [0.5, 0.6) is 0 Å². The molecule has 108 valence electrons. The van der Waals surface area contributed by atoms with Crippen LogP contribution in [0.15, 0.2) is 24.4 Å². The second-order valence-corrected chi connectivity index (χ2v) is 4.05. The van der Waals surface area contributed by atoms with E-state index in [2.05, 4.69) is 22.2 Å². The Labute approximate surface area is 116 Å². The Bertz CT molecular complexity index is 323. The zero-order chi connectivity index (χ0) is 14.5. The third-order valence-corrected chi connectivity index (χ3v) is 2.50. The smallest absolute Gasteiger partial charge is 0.312 e. The van der Waals surface area contributed by atoms with Crippen LogP contribution in [0.1, 0.15) is 32.4 Å². The minimum atomic E-state index is -0.532. The molecule has 1 fully saturated rings. The molecule has 1 aromatic rings. The highest BCUT2D eigenvalue weighted by Gasteiger charge is 2.03. The van der Waals surface area contributed by atoms with E-state index in [-0.39, 0.29) is 0 Å². The third kappa shape index (κ3) is 10.0. The van der Waals surface area contributed by atoms with Crippen molar-refractivity contribution in [3.05, 3.63) is 30.1 Å². The fraction of sp³-hybridized carbons (Fsp3) is 0.571. The van der Waals surface area contributed by atoms with Crippen molar-refractivity contribution in [2.24, 2.45) is 5.73 Å². The Kier molecular flexibility index (Phi) is 10.5. The molecule has 0 atom stereocenters. The van der Waals surface area contributed by atoms with Crippen molar-refractivity contribution in [2.75, 3.05) is 20.1 Å². The van der Waals surface area contributed by atoms with Crippen LogP contribution >= 0.6 is 0 Å². The average molecular weight is 266 g/mol. The highest BCUT2D eigenvalue weighted by Crippen LogP contribution is 2.02. The van der Waals surface area contributed by atoms with Crippen LogP contribution in [0, 0.1) is 0 Å². The number of pyridine rings is 1. The van der Waals surface area contributed by atoms with Crippen molar-refractivity contribution >= 4 is 6.03 Å². The fourth-order valence-electron chi connectivity index (χ4n) is 1.56. The number of amides is 2. The molecule has 5 nitrogen and oxygen atoms in total. The number of aromatic nitrogens is 1. The first-order valence-corrected chi connectivity index (χ1v) is 6.80. The summed E-state index contributed by atoms with van der Waals surface area (Å²) in [6.45, 7) is 7.02. The summed E-state index contributed by atoms with van der Waals surface area (Å²) < 4.78 is 0. The summed E-state index contributed by atoms with van der Waals surface area (Å²) in [6, 6.07) is 4.95. The minimum absolute atomic E-state index is 0.385. The van der Waals surface area contributed by atoms with Gasteiger partial charge in [0.2, 0.25) is 0 Å². The van der Waals surface area contributed by atoms with E-state index in [9.17, 15) is 4.79 Å². The van der Waals surface area contributed by atoms with Crippen LogP contribution in [-0.4, -0.2) is 36.1 Å². The Morgan fingerprint density at radius 3 is 2.37 bits per heavy atom. The lowest BCUT2D eigenvalue weighted by Gasteiger charge is -2.01. The molecule has 2 amide bonds. The molecule has 1 aromatic heterocycles. The molecule has 1 saturated heterocycles. The van der Waals surface area contributed by atoms with Crippen molar-refractivity contribution in [3.63, 3.8) is 0 Å². The number of nitrogens with zero attached hydrogens (tertiary/aromatic N) is 2. The highest BCUT2D eigenvalue weighted by atomic mass is 16.2. The van der Waals surface area contributed by atoms with E-state index in [1.807, 2.05) is 32.0 Å². The topological polar surface area (TPSA) is 71.2 Å². The maximum Gasteiger partial charge on any atom is 0.312 e. The number of carbonyl (C=O) groups is 1. The fourth-order valence-corrected chi connectivity index (χ4v) is 1.56. The summed E-state index contributed by atoms with van der Waals surface area (Å²) >= 11 is 0. The lowest BCUT2D eigenvalue weighted by Crippen LogP contribution is -2.28. The maximum atomic E-state index is 10.3. The number of nitrogens with one attached hydrogen (secondary N) is 1. The molecule has 0 saturated carbocycles. The standard InChI is InChI=1S/C7H9N3O.C5H11N.C2H6/c8-7(11)10-5-6-3-1-2-4-9-6;1-6-4-2-3-5-6;1-2/h1-4H,5H2,(H3,8,10,11);2-5H2,1H3;1-2H3. The molecule has 19 heavy (non-hydrogen) atoms. The highest BCUT2D eigenvalue weighted by molar-refractivity contribution is 5.71. The lowest BCUT2D eigenvalue weighted by atomic mass is 10.3. The van der Waals surface area contributed by atoms with Gasteiger partial charge in [0.05, 0.1) is 12.2 Å². The number of likely N-dealkylation sites (tertiary alicyclic amines) is 1. The molecule has 0 aliphatic carbocycles. The van der Waals surface area contributed by atoms with Crippen molar-refractivity contribution in [1.29, 1.82) is 0 Å². The zero-order valence-electron chi connectivity index (χ0n) is 12.2. The number of primary amides is 1. The molecule has 5 heteroatoms. The van der Waals surface area contributed by atoms with Crippen molar-refractivity contribution in [1.82, 2.24) is 15.2 Å². The Hall–Kier alpha value is -1.62. The molecule has 0 aromatic carbocycles. The van der Waals surface area contributed by atoms with Gasteiger partial charge in [-0.1, -0.05) is 19.9 Å². The Morgan fingerprint density at radius 2 is 2.00 bits per heavy atom. The summed E-state index contributed by atoms with van der Waals surface area (Å²) in [6.07, 6.45) is 4.49. The van der Waals surface area contributed by atoms with Crippen molar-refractivity contribution < 1.29 is 4.79 Å². The quantitative estimate of drug-likeness (QED) is 0.860. The van der Waals surface area contributed by atoms with Crippen LogP contribution in [0.2, 0.25) is 0 Å². The molecule has 1 aliphatic rings. The van der Waals surface area contributed by atoms with Crippen molar-refractivity contribution in [3.8, 4) is 0 Å². The van der Waals surface area contributed by atoms with Gasteiger partial charge in [-0.05, 0) is 45.1 Å². The van der Waals surface area contributed by atoms with Crippen LogP contribution in [-0.2, 0) is 6.54 Å². The summed E-state index contributed by atoms with van der Waals surface area (Å²) in [5.41, 5.74) is 5.66. The molecular weight excluding hydrogens is 240 g/mol. The largest absolute Gasteiger partial charge is 0.352 e. The van der Waals surface area contributed by atoms with Gasteiger partial charge in [0.25, 0.3) is 0 Å².